The lowest BCUT2D eigenvalue weighted by molar-refractivity contribution is 0.104. The summed E-state index contributed by atoms with van der Waals surface area (Å²) in [6.07, 6.45) is 6.35. The zero-order valence-electron chi connectivity index (χ0n) is 14.4. The maximum absolute atomic E-state index is 4.49. The number of aliphatic imine (C=N–C) groups is 1. The second kappa shape index (κ2) is 7.95. The lowest BCUT2D eigenvalue weighted by atomic mass is 9.64. The van der Waals surface area contributed by atoms with E-state index in [4.69, 9.17) is 0 Å². The highest BCUT2D eigenvalue weighted by atomic mass is 32.1. The Morgan fingerprint density at radius 3 is 2.68 bits per heavy atom. The number of aryl methyl sites for hydroxylation is 1. The Kier molecular flexibility index (Phi) is 6.24. The van der Waals surface area contributed by atoms with Crippen molar-refractivity contribution >= 4 is 17.3 Å². The first kappa shape index (κ1) is 17.3. The van der Waals surface area contributed by atoms with Gasteiger partial charge in [-0.05, 0) is 37.5 Å². The van der Waals surface area contributed by atoms with Gasteiger partial charge in [0.15, 0.2) is 5.96 Å². The number of aromatic nitrogens is 1. The van der Waals surface area contributed by atoms with Crippen molar-refractivity contribution < 1.29 is 0 Å². The smallest absolute Gasteiger partial charge is 0.191 e. The molecule has 0 radical (unpaired) electrons. The van der Waals surface area contributed by atoms with Crippen molar-refractivity contribution in [1.29, 1.82) is 0 Å². The average Bonchev–Trinajstić information content (AvgIpc) is 2.84. The van der Waals surface area contributed by atoms with E-state index >= 15 is 0 Å². The molecule has 2 rings (SSSR count). The number of guanidine groups is 1. The van der Waals surface area contributed by atoms with Crippen LogP contribution in [0.15, 0.2) is 10.4 Å². The second-order valence-corrected chi connectivity index (χ2v) is 7.97. The van der Waals surface area contributed by atoms with E-state index in [0.717, 1.165) is 36.4 Å². The number of nitrogens with one attached hydrogen (secondary N) is 2. The summed E-state index contributed by atoms with van der Waals surface area (Å²) < 4.78 is 0. The molecule has 1 aromatic rings. The van der Waals surface area contributed by atoms with Crippen LogP contribution >= 0.6 is 11.3 Å². The Morgan fingerprint density at radius 1 is 1.41 bits per heavy atom. The Morgan fingerprint density at radius 2 is 2.18 bits per heavy atom. The molecule has 0 aromatic carbocycles. The maximum Gasteiger partial charge on any atom is 0.191 e. The largest absolute Gasteiger partial charge is 0.356 e. The van der Waals surface area contributed by atoms with Gasteiger partial charge in [-0.2, -0.15) is 0 Å². The fraction of sp³-hybridized carbons (Fsp3) is 0.765. The van der Waals surface area contributed by atoms with E-state index in [9.17, 15) is 0 Å². The Balaban J connectivity index is 1.73. The molecule has 0 amide bonds. The van der Waals surface area contributed by atoms with Gasteiger partial charge in [0.2, 0.25) is 0 Å². The number of hydrogen-bond donors (Lipinski definition) is 2. The van der Waals surface area contributed by atoms with Crippen molar-refractivity contribution in [1.82, 2.24) is 15.6 Å². The summed E-state index contributed by atoms with van der Waals surface area (Å²) in [6, 6.07) is 0. The van der Waals surface area contributed by atoms with E-state index in [1.807, 2.05) is 7.05 Å². The molecule has 0 atom stereocenters. The highest BCUT2D eigenvalue weighted by Gasteiger charge is 2.37. The molecule has 1 fully saturated rings. The van der Waals surface area contributed by atoms with Gasteiger partial charge >= 0.3 is 0 Å². The molecule has 2 N–H and O–H groups in total. The van der Waals surface area contributed by atoms with E-state index in [0.29, 0.717) is 5.41 Å². The minimum Gasteiger partial charge on any atom is -0.356 e. The molecule has 1 aromatic heterocycles. The molecule has 0 unspecified atom stereocenters. The summed E-state index contributed by atoms with van der Waals surface area (Å²) in [4.78, 5) is 8.83. The predicted octanol–water partition coefficient (Wildman–Crippen LogP) is 3.38. The fourth-order valence-corrected chi connectivity index (χ4v) is 3.97. The van der Waals surface area contributed by atoms with E-state index in [1.54, 1.807) is 11.3 Å². The van der Waals surface area contributed by atoms with Crippen molar-refractivity contribution in [2.45, 2.75) is 52.9 Å². The van der Waals surface area contributed by atoms with Gasteiger partial charge in [0, 0.05) is 31.9 Å². The van der Waals surface area contributed by atoms with Gasteiger partial charge in [0.1, 0.15) is 0 Å². The predicted molar refractivity (Wildman–Crippen MR) is 95.7 cm³/mol. The van der Waals surface area contributed by atoms with Gasteiger partial charge in [-0.1, -0.05) is 20.3 Å². The standard InChI is InChI=1S/C17H30N4S/c1-13(2)10-17(7-5-8-17)12-20-16(18-4)19-9-6-15-11-22-14(3)21-15/h11,13H,5-10,12H2,1-4H3,(H2,18,19,20). The number of nitrogens with zero attached hydrogens (tertiary/aromatic N) is 2. The quantitative estimate of drug-likeness (QED) is 0.598. The second-order valence-electron chi connectivity index (χ2n) is 6.91. The van der Waals surface area contributed by atoms with Crippen molar-refractivity contribution in [2.75, 3.05) is 20.1 Å². The summed E-state index contributed by atoms with van der Waals surface area (Å²) in [5.74, 6) is 1.69. The Hall–Kier alpha value is -1.10. The molecule has 0 aliphatic heterocycles. The molecule has 4 nitrogen and oxygen atoms in total. The zero-order valence-corrected chi connectivity index (χ0v) is 15.2. The molecule has 0 saturated heterocycles. The van der Waals surface area contributed by atoms with Crippen molar-refractivity contribution in [2.24, 2.45) is 16.3 Å². The van der Waals surface area contributed by atoms with Crippen LogP contribution in [0.4, 0.5) is 0 Å². The Labute approximate surface area is 138 Å². The lowest BCUT2D eigenvalue weighted by Gasteiger charge is -2.43. The van der Waals surface area contributed by atoms with E-state index in [1.165, 1.54) is 31.4 Å². The third kappa shape index (κ3) is 4.97. The first-order chi connectivity index (χ1) is 10.5. The fourth-order valence-electron chi connectivity index (χ4n) is 3.32. The van der Waals surface area contributed by atoms with Crippen molar-refractivity contribution in [3.05, 3.63) is 16.1 Å². The summed E-state index contributed by atoms with van der Waals surface area (Å²) in [5, 5.41) is 10.2. The van der Waals surface area contributed by atoms with Crippen LogP contribution in [0.3, 0.4) is 0 Å². The molecular weight excluding hydrogens is 292 g/mol. The van der Waals surface area contributed by atoms with Crippen LogP contribution in [0, 0.1) is 18.3 Å². The third-order valence-corrected chi connectivity index (χ3v) is 5.27. The average molecular weight is 323 g/mol. The summed E-state index contributed by atoms with van der Waals surface area (Å²) in [7, 11) is 1.85. The number of hydrogen-bond acceptors (Lipinski definition) is 3. The molecule has 1 aliphatic rings. The number of thiazole rings is 1. The topological polar surface area (TPSA) is 49.3 Å². The van der Waals surface area contributed by atoms with Gasteiger partial charge in [0.05, 0.1) is 10.7 Å². The van der Waals surface area contributed by atoms with Crippen LogP contribution in [0.5, 0.6) is 0 Å². The zero-order chi connectivity index (χ0) is 16.0. The summed E-state index contributed by atoms with van der Waals surface area (Å²) in [6.45, 7) is 8.61. The number of rotatable bonds is 7. The first-order valence-corrected chi connectivity index (χ1v) is 9.26. The normalized spacial score (nSPS) is 17.4. The van der Waals surface area contributed by atoms with E-state index in [2.05, 4.69) is 46.8 Å². The van der Waals surface area contributed by atoms with Crippen molar-refractivity contribution in [3.8, 4) is 0 Å². The molecule has 124 valence electrons. The van der Waals surface area contributed by atoms with Gasteiger partial charge in [-0.25, -0.2) is 4.98 Å². The molecule has 0 bridgehead atoms. The monoisotopic (exact) mass is 322 g/mol. The van der Waals surface area contributed by atoms with Gasteiger partial charge in [-0.3, -0.25) is 4.99 Å². The lowest BCUT2D eigenvalue weighted by Crippen LogP contribution is -2.47. The third-order valence-electron chi connectivity index (χ3n) is 4.45. The van der Waals surface area contributed by atoms with Crippen LogP contribution in [-0.4, -0.2) is 31.1 Å². The van der Waals surface area contributed by atoms with E-state index in [-0.39, 0.29) is 0 Å². The minimum absolute atomic E-state index is 0.498. The summed E-state index contributed by atoms with van der Waals surface area (Å²) in [5.41, 5.74) is 1.67. The maximum atomic E-state index is 4.49. The van der Waals surface area contributed by atoms with E-state index < -0.39 is 0 Å². The molecule has 0 spiro atoms. The van der Waals surface area contributed by atoms with Gasteiger partial charge in [-0.15, -0.1) is 11.3 Å². The molecule has 1 heterocycles. The van der Waals surface area contributed by atoms with Crippen LogP contribution in [-0.2, 0) is 6.42 Å². The van der Waals surface area contributed by atoms with Crippen LogP contribution in [0.1, 0.15) is 50.2 Å². The first-order valence-electron chi connectivity index (χ1n) is 8.38. The van der Waals surface area contributed by atoms with Crippen LogP contribution in [0.25, 0.3) is 0 Å². The molecule has 5 heteroatoms. The van der Waals surface area contributed by atoms with Gasteiger partial charge in [0.25, 0.3) is 0 Å². The van der Waals surface area contributed by atoms with Gasteiger partial charge < -0.3 is 10.6 Å². The van der Waals surface area contributed by atoms with Crippen molar-refractivity contribution in [3.63, 3.8) is 0 Å². The minimum atomic E-state index is 0.498. The highest BCUT2D eigenvalue weighted by molar-refractivity contribution is 7.09. The Bertz CT molecular complexity index is 489. The summed E-state index contributed by atoms with van der Waals surface area (Å²) >= 11 is 1.71. The molecule has 1 aliphatic carbocycles. The molecule has 1 saturated carbocycles. The molecular formula is C17H30N4S. The highest BCUT2D eigenvalue weighted by Crippen LogP contribution is 2.45. The van der Waals surface area contributed by atoms with Crippen LogP contribution < -0.4 is 10.6 Å². The van der Waals surface area contributed by atoms with Crippen LogP contribution in [0.2, 0.25) is 0 Å². The molecule has 22 heavy (non-hydrogen) atoms. The SMILES string of the molecule is CN=C(NCCc1csc(C)n1)NCC1(CC(C)C)CCC1.